The van der Waals surface area contributed by atoms with Crippen molar-refractivity contribution in [2.24, 2.45) is 0 Å². The minimum absolute atomic E-state index is 0.175. The molecular weight excluding hydrogens is 186 g/mol. The highest BCUT2D eigenvalue weighted by Crippen LogP contribution is 2.16. The van der Waals surface area contributed by atoms with Crippen molar-refractivity contribution in [1.82, 2.24) is 0 Å². The van der Waals surface area contributed by atoms with Crippen molar-refractivity contribution in [2.45, 2.75) is 20.0 Å². The van der Waals surface area contributed by atoms with Gasteiger partial charge in [-0.25, -0.2) is 0 Å². The third kappa shape index (κ3) is 3.65. The first-order valence-corrected chi connectivity index (χ1v) is 4.43. The average molecular weight is 201 g/mol. The molecule has 74 valence electrons. The van der Waals surface area contributed by atoms with Crippen LogP contribution in [0.4, 0.5) is 0 Å². The van der Waals surface area contributed by atoms with Gasteiger partial charge in [0, 0.05) is 4.91 Å². The maximum absolute atomic E-state index is 9.55. The maximum atomic E-state index is 9.55. The van der Waals surface area contributed by atoms with E-state index in [1.54, 1.807) is 19.9 Å². The molecule has 1 unspecified atom stereocenters. The van der Waals surface area contributed by atoms with Crippen LogP contribution in [0.3, 0.4) is 0 Å². The van der Waals surface area contributed by atoms with Gasteiger partial charge >= 0.3 is 0 Å². The van der Waals surface area contributed by atoms with Crippen LogP contribution in [0.1, 0.15) is 13.8 Å². The third-order valence-corrected chi connectivity index (χ3v) is 1.75. The molecule has 0 aromatic heterocycles. The van der Waals surface area contributed by atoms with Crippen LogP contribution in [0.2, 0.25) is 0 Å². The van der Waals surface area contributed by atoms with E-state index in [2.05, 4.69) is 19.2 Å². The Hall–Kier alpha value is -0.740. The number of thiol groups is 1. The molecule has 0 fully saturated rings. The van der Waals surface area contributed by atoms with Crippen LogP contribution in [-0.2, 0) is 4.74 Å². The van der Waals surface area contributed by atoms with E-state index in [0.717, 1.165) is 0 Å². The van der Waals surface area contributed by atoms with Crippen molar-refractivity contribution < 1.29 is 9.84 Å². The van der Waals surface area contributed by atoms with Gasteiger partial charge in [-0.2, -0.15) is 0 Å². The summed E-state index contributed by atoms with van der Waals surface area (Å²) in [5, 5.41) is 16.9. The Morgan fingerprint density at radius 2 is 2.31 bits per heavy atom. The summed E-state index contributed by atoms with van der Waals surface area (Å²) in [5.74, 6) is -0.175. The molecule has 0 aromatic rings. The van der Waals surface area contributed by atoms with Gasteiger partial charge in [0.2, 0.25) is 5.90 Å². The lowest BCUT2D eigenvalue weighted by molar-refractivity contribution is 0.215. The van der Waals surface area contributed by atoms with Gasteiger partial charge in [0.05, 0.1) is 6.61 Å². The minimum atomic E-state index is -1.06. The van der Waals surface area contributed by atoms with Gasteiger partial charge in [-0.3, -0.25) is 5.41 Å². The van der Waals surface area contributed by atoms with Crippen molar-refractivity contribution in [3.05, 3.63) is 23.1 Å². The first-order valence-electron chi connectivity index (χ1n) is 3.98. The zero-order valence-electron chi connectivity index (χ0n) is 7.87. The SMILES string of the molecule is C=C(S)/C(=C\C)C(O)C(=N)OCC. The van der Waals surface area contributed by atoms with E-state index < -0.39 is 6.10 Å². The van der Waals surface area contributed by atoms with E-state index in [9.17, 15) is 5.11 Å². The van der Waals surface area contributed by atoms with Crippen molar-refractivity contribution in [1.29, 1.82) is 5.41 Å². The summed E-state index contributed by atoms with van der Waals surface area (Å²) in [4.78, 5) is 0.444. The lowest BCUT2D eigenvalue weighted by Gasteiger charge is -2.15. The Morgan fingerprint density at radius 1 is 1.77 bits per heavy atom. The van der Waals surface area contributed by atoms with E-state index >= 15 is 0 Å². The van der Waals surface area contributed by atoms with Gasteiger partial charge in [-0.05, 0) is 19.4 Å². The van der Waals surface area contributed by atoms with Crippen molar-refractivity contribution in [2.75, 3.05) is 6.61 Å². The summed E-state index contributed by atoms with van der Waals surface area (Å²) in [6.45, 7) is 7.45. The maximum Gasteiger partial charge on any atom is 0.214 e. The van der Waals surface area contributed by atoms with E-state index in [4.69, 9.17) is 10.1 Å². The fraction of sp³-hybridized carbons (Fsp3) is 0.444. The number of aliphatic hydroxyl groups excluding tert-OH is 1. The van der Waals surface area contributed by atoms with E-state index in [1.807, 2.05) is 0 Å². The number of aliphatic hydroxyl groups is 1. The molecule has 0 saturated heterocycles. The largest absolute Gasteiger partial charge is 0.479 e. The topological polar surface area (TPSA) is 53.3 Å². The van der Waals surface area contributed by atoms with Crippen LogP contribution < -0.4 is 0 Å². The highest BCUT2D eigenvalue weighted by atomic mass is 32.1. The molecule has 0 heterocycles. The van der Waals surface area contributed by atoms with Gasteiger partial charge in [0.15, 0.2) is 6.10 Å². The van der Waals surface area contributed by atoms with Crippen molar-refractivity contribution in [3.63, 3.8) is 0 Å². The Morgan fingerprint density at radius 3 is 2.62 bits per heavy atom. The zero-order valence-corrected chi connectivity index (χ0v) is 8.77. The fourth-order valence-corrected chi connectivity index (χ4v) is 1.11. The van der Waals surface area contributed by atoms with Gasteiger partial charge in [-0.15, -0.1) is 12.6 Å². The summed E-state index contributed by atoms with van der Waals surface area (Å²) in [6, 6.07) is 0. The van der Waals surface area contributed by atoms with Crippen LogP contribution in [-0.4, -0.2) is 23.7 Å². The number of ether oxygens (including phenoxy) is 1. The standard InChI is InChI=1S/C9H15NO2S/c1-4-7(6(3)13)8(11)9(10)12-5-2/h4,8,10-11,13H,3,5H2,1-2H3/b7-4+,10-9?. The molecule has 2 N–H and O–H groups in total. The first-order chi connectivity index (χ1) is 6.04. The van der Waals surface area contributed by atoms with Crippen molar-refractivity contribution in [3.8, 4) is 0 Å². The number of allylic oxidation sites excluding steroid dienone is 1. The summed E-state index contributed by atoms with van der Waals surface area (Å²) >= 11 is 4.00. The Labute approximate surface area is 84.0 Å². The fourth-order valence-electron chi connectivity index (χ4n) is 0.858. The molecule has 0 amide bonds. The van der Waals surface area contributed by atoms with Crippen molar-refractivity contribution >= 4 is 18.5 Å². The molecule has 0 bridgehead atoms. The second kappa shape index (κ2) is 5.83. The lowest BCUT2D eigenvalue weighted by Crippen LogP contribution is -2.24. The summed E-state index contributed by atoms with van der Waals surface area (Å²) in [6.07, 6.45) is 0.600. The molecule has 1 atom stereocenters. The smallest absolute Gasteiger partial charge is 0.214 e. The molecule has 4 heteroatoms. The van der Waals surface area contributed by atoms with E-state index in [0.29, 0.717) is 17.1 Å². The molecule has 0 aliphatic rings. The van der Waals surface area contributed by atoms with Crippen LogP contribution in [0.25, 0.3) is 0 Å². The number of nitrogens with one attached hydrogen (secondary N) is 1. The second-order valence-electron chi connectivity index (χ2n) is 2.39. The molecule has 0 rings (SSSR count). The van der Waals surface area contributed by atoms with Gasteiger partial charge in [-0.1, -0.05) is 12.7 Å². The monoisotopic (exact) mass is 201 g/mol. The second-order valence-corrected chi connectivity index (χ2v) is 2.93. The van der Waals surface area contributed by atoms with Crippen LogP contribution in [0, 0.1) is 5.41 Å². The Balaban J connectivity index is 4.47. The van der Waals surface area contributed by atoms with Crippen LogP contribution in [0.15, 0.2) is 23.1 Å². The quantitative estimate of drug-likeness (QED) is 0.281. The average Bonchev–Trinajstić information content (AvgIpc) is 2.05. The molecular formula is C9H15NO2S. The van der Waals surface area contributed by atoms with Gasteiger partial charge in [0.1, 0.15) is 0 Å². The number of rotatable bonds is 4. The van der Waals surface area contributed by atoms with E-state index in [-0.39, 0.29) is 5.90 Å². The van der Waals surface area contributed by atoms with Crippen LogP contribution >= 0.6 is 12.6 Å². The third-order valence-electron chi connectivity index (χ3n) is 1.49. The first kappa shape index (κ1) is 12.3. The molecule has 0 aromatic carbocycles. The van der Waals surface area contributed by atoms with Gasteiger partial charge in [0.25, 0.3) is 0 Å². The molecule has 0 aliphatic heterocycles. The normalized spacial score (nSPS) is 13.7. The zero-order chi connectivity index (χ0) is 10.4. The number of hydrogen-bond acceptors (Lipinski definition) is 4. The predicted octanol–water partition coefficient (Wildman–Crippen LogP) is 1.75. The van der Waals surface area contributed by atoms with Gasteiger partial charge < -0.3 is 9.84 Å². The molecule has 13 heavy (non-hydrogen) atoms. The molecule has 0 saturated carbocycles. The Bertz CT molecular complexity index is 236. The Kier molecular flexibility index (Phi) is 5.50. The molecule has 0 aliphatic carbocycles. The minimum Gasteiger partial charge on any atom is -0.479 e. The molecule has 0 spiro atoms. The molecule has 3 nitrogen and oxygen atoms in total. The lowest BCUT2D eigenvalue weighted by atomic mass is 10.1. The highest BCUT2D eigenvalue weighted by molar-refractivity contribution is 7.84. The number of hydrogen-bond donors (Lipinski definition) is 3. The van der Waals surface area contributed by atoms with Crippen LogP contribution in [0.5, 0.6) is 0 Å². The summed E-state index contributed by atoms with van der Waals surface area (Å²) in [5.41, 5.74) is 0.502. The summed E-state index contributed by atoms with van der Waals surface area (Å²) < 4.78 is 4.85. The predicted molar refractivity (Wildman–Crippen MR) is 57.2 cm³/mol. The highest BCUT2D eigenvalue weighted by Gasteiger charge is 2.17. The van der Waals surface area contributed by atoms with E-state index in [1.165, 1.54) is 0 Å². The molecule has 0 radical (unpaired) electrons. The summed E-state index contributed by atoms with van der Waals surface area (Å²) in [7, 11) is 0.